The molecule has 0 unspecified atom stereocenters. The summed E-state index contributed by atoms with van der Waals surface area (Å²) in [5, 5.41) is 14.4. The number of nitrogens with one attached hydrogen (secondary N) is 1. The van der Waals surface area contributed by atoms with Crippen LogP contribution in [0.1, 0.15) is 24.0 Å². The van der Waals surface area contributed by atoms with Gasteiger partial charge in [0.05, 0.1) is 23.1 Å². The first kappa shape index (κ1) is 20.2. The molecule has 4 rings (SSSR count). The van der Waals surface area contributed by atoms with Crippen molar-refractivity contribution in [3.8, 4) is 18.4 Å². The minimum atomic E-state index is -0.189. The third-order valence-electron chi connectivity index (χ3n) is 5.54. The van der Waals surface area contributed by atoms with E-state index in [0.717, 1.165) is 53.7 Å². The number of fused-ring (bicyclic) bond motifs is 1. The Morgan fingerprint density at radius 2 is 2.00 bits per heavy atom. The molecular formula is C24H22N4OS. The summed E-state index contributed by atoms with van der Waals surface area (Å²) < 4.78 is 0. The number of hydrogen-bond donors (Lipinski definition) is 1. The number of carbonyl (C=O) groups is 1. The molecule has 0 atom stereocenters. The lowest BCUT2D eigenvalue weighted by Crippen LogP contribution is -2.33. The number of nitrogens with zero attached hydrogens (tertiary/aromatic N) is 3. The van der Waals surface area contributed by atoms with E-state index in [4.69, 9.17) is 6.42 Å². The first-order chi connectivity index (χ1) is 14.7. The Labute approximate surface area is 180 Å². The molecule has 0 spiro atoms. The number of thioether (sulfide) groups is 1. The predicted molar refractivity (Wildman–Crippen MR) is 122 cm³/mol. The maximum absolute atomic E-state index is 11.7. The number of aliphatic imine (C=N–C) groups is 1. The molecular weight excluding hydrogens is 392 g/mol. The number of hydrogen-bond acceptors (Lipinski definition) is 5. The maximum Gasteiger partial charge on any atom is 0.311 e. The highest BCUT2D eigenvalue weighted by atomic mass is 32.2. The molecule has 2 aromatic rings. The smallest absolute Gasteiger partial charge is 0.311 e. The normalized spacial score (nSPS) is 18.9. The second kappa shape index (κ2) is 9.17. The predicted octanol–water partition coefficient (Wildman–Crippen LogP) is 4.30. The van der Waals surface area contributed by atoms with Crippen LogP contribution in [0.5, 0.6) is 0 Å². The fourth-order valence-electron chi connectivity index (χ4n) is 4.02. The number of piperidine rings is 1. The molecule has 0 aliphatic carbocycles. The molecule has 2 heterocycles. The third kappa shape index (κ3) is 4.41. The van der Waals surface area contributed by atoms with E-state index in [1.165, 1.54) is 17.3 Å². The second-order valence-electron chi connectivity index (χ2n) is 7.46. The Kier molecular flexibility index (Phi) is 6.18. The lowest BCUT2D eigenvalue weighted by molar-refractivity contribution is 0.196. The molecule has 2 aliphatic heterocycles. The quantitative estimate of drug-likeness (QED) is 0.756. The first-order valence-corrected chi connectivity index (χ1v) is 10.8. The van der Waals surface area contributed by atoms with Crippen LogP contribution in [-0.4, -0.2) is 35.6 Å². The van der Waals surface area contributed by atoms with Gasteiger partial charge in [0, 0.05) is 6.54 Å². The molecule has 2 aromatic carbocycles. The van der Waals surface area contributed by atoms with Crippen molar-refractivity contribution in [3.63, 3.8) is 0 Å². The van der Waals surface area contributed by atoms with Crippen LogP contribution < -0.4 is 5.32 Å². The summed E-state index contributed by atoms with van der Waals surface area (Å²) in [6, 6.07) is 14.4. The van der Waals surface area contributed by atoms with Crippen LogP contribution in [-0.2, 0) is 6.54 Å². The Morgan fingerprint density at radius 3 is 2.73 bits per heavy atom. The molecule has 2 aliphatic rings. The Bertz CT molecular complexity index is 1110. The van der Waals surface area contributed by atoms with Gasteiger partial charge in [0.2, 0.25) is 0 Å². The van der Waals surface area contributed by atoms with Crippen molar-refractivity contribution in [1.82, 2.24) is 10.2 Å². The van der Waals surface area contributed by atoms with Crippen molar-refractivity contribution in [3.05, 3.63) is 58.5 Å². The van der Waals surface area contributed by atoms with Gasteiger partial charge in [-0.2, -0.15) is 10.3 Å². The van der Waals surface area contributed by atoms with Crippen molar-refractivity contribution < 1.29 is 4.79 Å². The van der Waals surface area contributed by atoms with E-state index in [-0.39, 0.29) is 5.24 Å². The zero-order chi connectivity index (χ0) is 20.9. The van der Waals surface area contributed by atoms with Gasteiger partial charge in [0.1, 0.15) is 5.84 Å². The summed E-state index contributed by atoms with van der Waals surface area (Å²) in [7, 11) is 0. The monoisotopic (exact) mass is 414 g/mol. The molecule has 0 radical (unpaired) electrons. The van der Waals surface area contributed by atoms with Gasteiger partial charge in [-0.25, -0.2) is 0 Å². The van der Waals surface area contributed by atoms with Crippen molar-refractivity contribution >= 4 is 33.6 Å². The highest BCUT2D eigenvalue weighted by Gasteiger charge is 2.25. The van der Waals surface area contributed by atoms with Gasteiger partial charge < -0.3 is 5.32 Å². The van der Waals surface area contributed by atoms with Gasteiger partial charge in [-0.05, 0) is 66.0 Å². The molecule has 6 heteroatoms. The number of terminal acetylenes is 1. The topological polar surface area (TPSA) is 68.5 Å². The molecule has 0 aromatic heterocycles. The molecule has 1 amide bonds. The third-order valence-corrected chi connectivity index (χ3v) is 6.35. The highest BCUT2D eigenvalue weighted by Crippen LogP contribution is 2.31. The summed E-state index contributed by atoms with van der Waals surface area (Å²) in [6.45, 7) is 3.22. The van der Waals surface area contributed by atoms with E-state index in [1.54, 1.807) is 0 Å². The van der Waals surface area contributed by atoms with Crippen LogP contribution in [0.15, 0.2) is 52.4 Å². The van der Waals surface area contributed by atoms with Crippen LogP contribution in [0.4, 0.5) is 4.79 Å². The number of benzene rings is 2. The lowest BCUT2D eigenvalue weighted by atomic mass is 9.95. The number of amides is 1. The van der Waals surface area contributed by atoms with Crippen molar-refractivity contribution in [1.29, 1.82) is 5.26 Å². The van der Waals surface area contributed by atoms with E-state index in [2.05, 4.69) is 45.4 Å². The molecule has 1 N–H and O–H groups in total. The summed E-state index contributed by atoms with van der Waals surface area (Å²) in [4.78, 5) is 19.1. The molecule has 150 valence electrons. The van der Waals surface area contributed by atoms with Gasteiger partial charge >= 0.3 is 5.24 Å². The van der Waals surface area contributed by atoms with Crippen molar-refractivity contribution in [2.24, 2.45) is 10.9 Å². The average molecular weight is 415 g/mol. The largest absolute Gasteiger partial charge is 0.358 e. The number of nitriles is 1. The first-order valence-electron chi connectivity index (χ1n) is 10.0. The van der Waals surface area contributed by atoms with Gasteiger partial charge in [-0.15, -0.1) is 6.42 Å². The van der Waals surface area contributed by atoms with Gasteiger partial charge in [-0.3, -0.25) is 9.69 Å². The fraction of sp³-hybridized carbons (Fsp3) is 0.292. The zero-order valence-electron chi connectivity index (χ0n) is 16.6. The van der Waals surface area contributed by atoms with Crippen LogP contribution in [0.3, 0.4) is 0 Å². The summed E-state index contributed by atoms with van der Waals surface area (Å²) >= 11 is 1.17. The Balaban J connectivity index is 1.41. The van der Waals surface area contributed by atoms with Crippen molar-refractivity contribution in [2.45, 2.75) is 19.4 Å². The highest BCUT2D eigenvalue weighted by molar-refractivity contribution is 8.18. The van der Waals surface area contributed by atoms with Crippen molar-refractivity contribution in [2.75, 3.05) is 19.6 Å². The molecule has 1 fully saturated rings. The number of carbonyl (C=O) groups excluding carboxylic acids is 1. The average Bonchev–Trinajstić information content (AvgIpc) is 3.12. The van der Waals surface area contributed by atoms with E-state index < -0.39 is 0 Å². The Hall–Kier alpha value is -3.06. The van der Waals surface area contributed by atoms with E-state index in [0.29, 0.717) is 18.3 Å². The molecule has 5 nitrogen and oxygen atoms in total. The Morgan fingerprint density at radius 1 is 1.23 bits per heavy atom. The van der Waals surface area contributed by atoms with Crippen LogP contribution in [0, 0.1) is 29.6 Å². The van der Waals surface area contributed by atoms with Gasteiger partial charge in [0.15, 0.2) is 0 Å². The van der Waals surface area contributed by atoms with Crippen LogP contribution in [0.25, 0.3) is 10.8 Å². The zero-order valence-corrected chi connectivity index (χ0v) is 17.4. The molecule has 30 heavy (non-hydrogen) atoms. The molecule has 1 saturated heterocycles. The van der Waals surface area contributed by atoms with E-state index in [9.17, 15) is 10.1 Å². The number of likely N-dealkylation sites (tertiary alicyclic amines) is 1. The number of rotatable bonds is 4. The summed E-state index contributed by atoms with van der Waals surface area (Å²) in [5.74, 6) is 3.55. The SMILES string of the molecule is C#CCNC1=NC(=O)SC1=CC1CCN(Cc2ccc(C#N)c3ccccc23)CC1. The maximum atomic E-state index is 11.7. The van der Waals surface area contributed by atoms with Crippen LogP contribution in [0.2, 0.25) is 0 Å². The van der Waals surface area contributed by atoms with E-state index >= 15 is 0 Å². The molecule has 0 saturated carbocycles. The standard InChI is InChI=1S/C24H22N4OS/c1-2-11-26-23-22(30-24(29)27-23)14-17-9-12-28(13-10-17)16-19-8-7-18(15-25)20-5-3-4-6-21(19)20/h1,3-8,14,17H,9-13,16H2,(H,26,27,29). The number of amidine groups is 1. The minimum absolute atomic E-state index is 0.189. The fourth-order valence-corrected chi connectivity index (χ4v) is 4.82. The van der Waals surface area contributed by atoms with Gasteiger partial charge in [0.25, 0.3) is 0 Å². The van der Waals surface area contributed by atoms with E-state index in [1.807, 2.05) is 24.3 Å². The second-order valence-corrected chi connectivity index (χ2v) is 8.45. The minimum Gasteiger partial charge on any atom is -0.358 e. The number of allylic oxidation sites excluding steroid dienone is 1. The van der Waals surface area contributed by atoms with Crippen LogP contribution >= 0.6 is 11.8 Å². The lowest BCUT2D eigenvalue weighted by Gasteiger charge is -2.31. The summed E-state index contributed by atoms with van der Waals surface area (Å²) in [5.41, 5.74) is 1.98. The van der Waals surface area contributed by atoms with Gasteiger partial charge in [-0.1, -0.05) is 42.3 Å². The molecule has 0 bridgehead atoms. The summed E-state index contributed by atoms with van der Waals surface area (Å²) in [6.07, 6.45) is 9.55.